The van der Waals surface area contributed by atoms with Gasteiger partial charge in [-0.3, -0.25) is 4.79 Å². The number of aliphatic carboxylic acids is 1. The van der Waals surface area contributed by atoms with Crippen LogP contribution in [-0.2, 0) is 25.0 Å². The van der Waals surface area contributed by atoms with Crippen LogP contribution in [0, 0.1) is 0 Å². The molecular formula is C14H17Cl2NO5S. The quantitative estimate of drug-likeness (QED) is 0.753. The van der Waals surface area contributed by atoms with Crippen molar-refractivity contribution in [2.24, 2.45) is 0 Å². The number of carboxylic acids is 1. The van der Waals surface area contributed by atoms with Crippen LogP contribution < -0.4 is 5.32 Å². The maximum Gasteiger partial charge on any atom is 0.333 e. The van der Waals surface area contributed by atoms with Crippen LogP contribution >= 0.6 is 23.2 Å². The number of hydrogen-bond acceptors (Lipinski definition) is 4. The van der Waals surface area contributed by atoms with Gasteiger partial charge in [0.05, 0.1) is 15.8 Å². The van der Waals surface area contributed by atoms with E-state index >= 15 is 0 Å². The first-order valence-corrected chi connectivity index (χ1v) is 9.30. The Morgan fingerprint density at radius 1 is 1.26 bits per heavy atom. The van der Waals surface area contributed by atoms with Gasteiger partial charge in [0.2, 0.25) is 5.91 Å². The van der Waals surface area contributed by atoms with Crippen molar-refractivity contribution in [3.8, 4) is 0 Å². The number of carboxylic acid groups (broad SMARTS) is 1. The van der Waals surface area contributed by atoms with Gasteiger partial charge in [0.15, 0.2) is 15.4 Å². The Kier molecular flexibility index (Phi) is 6.44. The van der Waals surface area contributed by atoms with Crippen LogP contribution in [0.4, 0.5) is 0 Å². The van der Waals surface area contributed by atoms with Gasteiger partial charge < -0.3 is 10.4 Å². The van der Waals surface area contributed by atoms with Gasteiger partial charge in [0.25, 0.3) is 0 Å². The molecule has 6 nitrogen and oxygen atoms in total. The second kappa shape index (κ2) is 7.51. The Bertz CT molecular complexity index is 720. The normalized spacial score (nSPS) is 14.1. The molecule has 0 radical (unpaired) electrons. The molecule has 0 aliphatic rings. The number of halogens is 2. The van der Waals surface area contributed by atoms with Gasteiger partial charge in [-0.25, -0.2) is 13.2 Å². The first-order valence-electron chi connectivity index (χ1n) is 6.72. The second-order valence-corrected chi connectivity index (χ2v) is 8.20. The van der Waals surface area contributed by atoms with E-state index in [9.17, 15) is 23.1 Å². The molecule has 0 aliphatic carbocycles. The van der Waals surface area contributed by atoms with Crippen molar-refractivity contribution in [1.29, 1.82) is 0 Å². The third kappa shape index (κ3) is 5.09. The zero-order chi connectivity index (χ0) is 17.8. The lowest BCUT2D eigenvalue weighted by atomic mass is 9.92. The average molecular weight is 382 g/mol. The van der Waals surface area contributed by atoms with E-state index in [0.29, 0.717) is 6.42 Å². The molecule has 23 heavy (non-hydrogen) atoms. The van der Waals surface area contributed by atoms with Crippen LogP contribution in [0.3, 0.4) is 0 Å². The molecule has 2 N–H and O–H groups in total. The molecule has 0 saturated heterocycles. The average Bonchev–Trinajstić information content (AvgIpc) is 2.40. The van der Waals surface area contributed by atoms with E-state index in [-0.39, 0.29) is 21.4 Å². The van der Waals surface area contributed by atoms with Crippen LogP contribution in [0.2, 0.25) is 10.0 Å². The van der Waals surface area contributed by atoms with Crippen molar-refractivity contribution in [3.05, 3.63) is 33.8 Å². The van der Waals surface area contributed by atoms with Crippen molar-refractivity contribution in [2.75, 3.05) is 11.5 Å². The van der Waals surface area contributed by atoms with E-state index in [1.165, 1.54) is 25.1 Å². The number of amides is 1. The maximum absolute atomic E-state index is 12.0. The first-order chi connectivity index (χ1) is 10.5. The second-order valence-electron chi connectivity index (χ2n) is 5.20. The highest BCUT2D eigenvalue weighted by molar-refractivity contribution is 7.92. The highest BCUT2D eigenvalue weighted by Crippen LogP contribution is 2.29. The van der Waals surface area contributed by atoms with Crippen LogP contribution in [0.5, 0.6) is 0 Å². The van der Waals surface area contributed by atoms with Gasteiger partial charge in [-0.05, 0) is 31.0 Å². The number of carbonyl (C=O) groups is 2. The third-order valence-corrected chi connectivity index (χ3v) is 5.65. The minimum Gasteiger partial charge on any atom is -0.479 e. The molecule has 1 unspecified atom stereocenters. The summed E-state index contributed by atoms with van der Waals surface area (Å²) in [6.45, 7) is 2.92. The molecule has 1 rings (SSSR count). The Balaban J connectivity index is 3.09. The van der Waals surface area contributed by atoms with Crippen molar-refractivity contribution in [1.82, 2.24) is 5.32 Å². The number of nitrogens with one attached hydrogen (secondary N) is 1. The molecule has 9 heteroatoms. The maximum atomic E-state index is 12.0. The number of sulfone groups is 1. The lowest BCUT2D eigenvalue weighted by Gasteiger charge is -2.27. The summed E-state index contributed by atoms with van der Waals surface area (Å²) in [7, 11) is -3.58. The predicted molar refractivity (Wildman–Crippen MR) is 88.5 cm³/mol. The molecule has 0 aliphatic heterocycles. The van der Waals surface area contributed by atoms with Gasteiger partial charge in [0, 0.05) is 0 Å². The number of carbonyl (C=O) groups excluding carboxylic acids is 1. The Morgan fingerprint density at radius 2 is 1.87 bits per heavy atom. The Hall–Kier alpha value is -1.31. The van der Waals surface area contributed by atoms with Crippen molar-refractivity contribution < 1.29 is 23.1 Å². The summed E-state index contributed by atoms with van der Waals surface area (Å²) in [5.41, 5.74) is -1.65. The van der Waals surface area contributed by atoms with E-state index in [4.69, 9.17) is 23.2 Å². The smallest absolute Gasteiger partial charge is 0.333 e. The summed E-state index contributed by atoms with van der Waals surface area (Å²) in [6, 6.07) is 4.13. The van der Waals surface area contributed by atoms with E-state index in [0.717, 1.165) is 0 Å². The molecule has 0 saturated carbocycles. The number of benzene rings is 1. The molecule has 0 bridgehead atoms. The SMILES string of the molecule is CCCS(=O)(=O)CC(=O)NC(C)(C(=O)O)c1ccc(Cl)c(Cl)c1. The molecule has 1 amide bonds. The topological polar surface area (TPSA) is 101 Å². The largest absolute Gasteiger partial charge is 0.479 e. The van der Waals surface area contributed by atoms with Crippen molar-refractivity contribution in [3.63, 3.8) is 0 Å². The summed E-state index contributed by atoms with van der Waals surface area (Å²) in [4.78, 5) is 23.6. The van der Waals surface area contributed by atoms with Crippen molar-refractivity contribution in [2.45, 2.75) is 25.8 Å². The Morgan fingerprint density at radius 3 is 2.35 bits per heavy atom. The lowest BCUT2D eigenvalue weighted by molar-refractivity contribution is -0.147. The van der Waals surface area contributed by atoms with Gasteiger partial charge in [0.1, 0.15) is 5.75 Å². The summed E-state index contributed by atoms with van der Waals surface area (Å²) >= 11 is 11.7. The van der Waals surface area contributed by atoms with Crippen LogP contribution in [0.1, 0.15) is 25.8 Å². The zero-order valence-electron chi connectivity index (χ0n) is 12.6. The van der Waals surface area contributed by atoms with Crippen LogP contribution in [0.25, 0.3) is 0 Å². The highest BCUT2D eigenvalue weighted by Gasteiger charge is 2.38. The molecule has 0 heterocycles. The van der Waals surface area contributed by atoms with Crippen molar-refractivity contribution >= 4 is 44.9 Å². The van der Waals surface area contributed by atoms with Gasteiger partial charge in [-0.15, -0.1) is 0 Å². The third-order valence-electron chi connectivity index (χ3n) is 3.18. The molecule has 1 atom stereocenters. The Labute approximate surface area is 144 Å². The molecule has 128 valence electrons. The van der Waals surface area contributed by atoms with Gasteiger partial charge in [-0.2, -0.15) is 0 Å². The monoisotopic (exact) mass is 381 g/mol. The minimum absolute atomic E-state index is 0.129. The van der Waals surface area contributed by atoms with E-state index in [1.54, 1.807) is 6.92 Å². The fourth-order valence-electron chi connectivity index (χ4n) is 1.95. The predicted octanol–water partition coefficient (Wildman–Crippen LogP) is 2.23. The zero-order valence-corrected chi connectivity index (χ0v) is 14.9. The first kappa shape index (κ1) is 19.7. The summed E-state index contributed by atoms with van der Waals surface area (Å²) in [5.74, 6) is -3.16. The fraction of sp³-hybridized carbons (Fsp3) is 0.429. The lowest BCUT2D eigenvalue weighted by Crippen LogP contribution is -2.51. The molecule has 0 fully saturated rings. The summed E-state index contributed by atoms with van der Waals surface area (Å²) < 4.78 is 23.4. The van der Waals surface area contributed by atoms with Crippen LogP contribution in [0.15, 0.2) is 18.2 Å². The molecular weight excluding hydrogens is 365 g/mol. The molecule has 0 spiro atoms. The van der Waals surface area contributed by atoms with E-state index in [2.05, 4.69) is 5.32 Å². The number of hydrogen-bond donors (Lipinski definition) is 2. The van der Waals surface area contributed by atoms with Gasteiger partial charge in [-0.1, -0.05) is 36.2 Å². The molecule has 0 aromatic heterocycles. The highest BCUT2D eigenvalue weighted by atomic mass is 35.5. The molecule has 1 aromatic carbocycles. The van der Waals surface area contributed by atoms with Gasteiger partial charge >= 0.3 is 5.97 Å². The summed E-state index contributed by atoms with van der Waals surface area (Å²) in [6.07, 6.45) is 0.374. The van der Waals surface area contributed by atoms with E-state index in [1.807, 2.05) is 0 Å². The minimum atomic E-state index is -3.58. The van der Waals surface area contributed by atoms with Crippen LogP contribution in [-0.4, -0.2) is 36.9 Å². The van der Waals surface area contributed by atoms with E-state index < -0.39 is 33.0 Å². The standard InChI is InChI=1S/C14H17Cl2NO5S/c1-3-6-23(21,22)8-12(18)17-14(2,13(19)20)9-4-5-10(15)11(16)7-9/h4-5,7H,3,6,8H2,1-2H3,(H,17,18)(H,19,20). The molecule has 1 aromatic rings. The number of rotatable bonds is 7. The summed E-state index contributed by atoms with van der Waals surface area (Å²) in [5, 5.41) is 12.1. The fourth-order valence-corrected chi connectivity index (χ4v) is 3.49.